The Labute approximate surface area is 94.0 Å². The highest BCUT2D eigenvalue weighted by Gasteiger charge is 2.22. The van der Waals surface area contributed by atoms with Crippen molar-refractivity contribution in [2.75, 3.05) is 6.54 Å². The lowest BCUT2D eigenvalue weighted by molar-refractivity contribution is 0.0221. The Morgan fingerprint density at radius 2 is 2.33 bits per heavy atom. The van der Waals surface area contributed by atoms with Crippen LogP contribution in [-0.2, 0) is 0 Å². The third-order valence-electron chi connectivity index (χ3n) is 1.58. The number of hydrogen-bond acceptors (Lipinski definition) is 2. The molecule has 0 aliphatic heterocycles. The van der Waals surface area contributed by atoms with Gasteiger partial charge in [0.05, 0.1) is 12.1 Å². The highest BCUT2D eigenvalue weighted by molar-refractivity contribution is 9.10. The van der Waals surface area contributed by atoms with Crippen LogP contribution in [0.3, 0.4) is 0 Å². The monoisotopic (exact) mass is 278 g/mol. The lowest BCUT2D eigenvalue weighted by Gasteiger charge is -2.11. The molecular formula is C9H9BrF2N2O. The maximum Gasteiger partial charge on any atom is 0.262 e. The number of nitrogens with zero attached hydrogens (tertiary/aromatic N) is 1. The average Bonchev–Trinajstić information content (AvgIpc) is 2.14. The largest absolute Gasteiger partial charge is 0.346 e. The zero-order chi connectivity index (χ0) is 11.5. The minimum Gasteiger partial charge on any atom is -0.346 e. The second-order valence-corrected chi connectivity index (χ2v) is 3.96. The first-order valence-electron chi connectivity index (χ1n) is 4.16. The minimum absolute atomic E-state index is 0.286. The van der Waals surface area contributed by atoms with E-state index in [0.717, 1.165) is 6.92 Å². The number of carbonyl (C=O) groups is 1. The van der Waals surface area contributed by atoms with Gasteiger partial charge in [-0.05, 0) is 22.0 Å². The second-order valence-electron chi connectivity index (χ2n) is 3.11. The molecule has 3 nitrogen and oxygen atoms in total. The van der Waals surface area contributed by atoms with E-state index in [0.29, 0.717) is 4.47 Å². The molecule has 0 aliphatic rings. The first-order chi connectivity index (χ1) is 6.90. The van der Waals surface area contributed by atoms with Crippen LogP contribution in [0.2, 0.25) is 0 Å². The smallest absolute Gasteiger partial charge is 0.262 e. The van der Waals surface area contributed by atoms with Crippen LogP contribution < -0.4 is 5.32 Å². The van der Waals surface area contributed by atoms with Gasteiger partial charge in [0.25, 0.3) is 11.8 Å². The zero-order valence-corrected chi connectivity index (χ0v) is 9.51. The molecule has 0 aromatic carbocycles. The van der Waals surface area contributed by atoms with E-state index in [1.807, 2.05) is 0 Å². The van der Waals surface area contributed by atoms with Crippen molar-refractivity contribution in [3.63, 3.8) is 0 Å². The predicted octanol–water partition coefficient (Wildman–Crippen LogP) is 2.23. The first kappa shape index (κ1) is 12.0. The number of rotatable bonds is 3. The van der Waals surface area contributed by atoms with Gasteiger partial charge in [-0.3, -0.25) is 9.78 Å². The molecule has 1 amide bonds. The Bertz CT molecular complexity index is 365. The van der Waals surface area contributed by atoms with Gasteiger partial charge in [-0.1, -0.05) is 0 Å². The molecule has 0 unspecified atom stereocenters. The number of halogens is 3. The number of carbonyl (C=O) groups excluding carboxylic acids is 1. The van der Waals surface area contributed by atoms with Crippen molar-refractivity contribution >= 4 is 21.8 Å². The molecule has 1 aromatic rings. The van der Waals surface area contributed by atoms with Crippen LogP contribution in [0.5, 0.6) is 0 Å². The number of alkyl halides is 2. The normalized spacial score (nSPS) is 11.2. The van der Waals surface area contributed by atoms with Crippen LogP contribution in [0.15, 0.2) is 22.9 Å². The van der Waals surface area contributed by atoms with E-state index in [4.69, 9.17) is 0 Å². The van der Waals surface area contributed by atoms with Crippen molar-refractivity contribution in [2.24, 2.45) is 0 Å². The molecular weight excluding hydrogens is 270 g/mol. The van der Waals surface area contributed by atoms with Crippen LogP contribution in [0, 0.1) is 0 Å². The summed E-state index contributed by atoms with van der Waals surface area (Å²) in [5, 5.41) is 2.13. The van der Waals surface area contributed by atoms with Gasteiger partial charge in [0.15, 0.2) is 0 Å². The Balaban J connectivity index is 2.66. The molecule has 0 radical (unpaired) electrons. The molecule has 15 heavy (non-hydrogen) atoms. The second kappa shape index (κ2) is 4.65. The topological polar surface area (TPSA) is 42.0 Å². The maximum absolute atomic E-state index is 12.5. The quantitative estimate of drug-likeness (QED) is 0.921. The van der Waals surface area contributed by atoms with Gasteiger partial charge in [-0.15, -0.1) is 0 Å². The highest BCUT2D eigenvalue weighted by Crippen LogP contribution is 2.15. The summed E-state index contributed by atoms with van der Waals surface area (Å²) < 4.78 is 25.4. The molecule has 0 saturated carbocycles. The molecule has 0 fully saturated rings. The number of aromatic nitrogens is 1. The minimum atomic E-state index is -2.91. The van der Waals surface area contributed by atoms with Crippen molar-refractivity contribution in [3.05, 3.63) is 28.5 Å². The van der Waals surface area contributed by atoms with Gasteiger partial charge in [-0.25, -0.2) is 8.78 Å². The Hall–Kier alpha value is -1.04. The van der Waals surface area contributed by atoms with E-state index in [2.05, 4.69) is 26.2 Å². The van der Waals surface area contributed by atoms with E-state index in [1.54, 1.807) is 0 Å². The SMILES string of the molecule is CC(F)(F)CNC(=O)c1ccncc1Br. The molecule has 1 heterocycles. The van der Waals surface area contributed by atoms with Crippen molar-refractivity contribution < 1.29 is 13.6 Å². The average molecular weight is 279 g/mol. The molecule has 0 saturated heterocycles. The number of nitrogens with one attached hydrogen (secondary N) is 1. The summed E-state index contributed by atoms with van der Waals surface area (Å²) in [5.74, 6) is -3.46. The number of pyridine rings is 1. The Kier molecular flexibility index (Phi) is 3.73. The lowest BCUT2D eigenvalue weighted by Crippen LogP contribution is -2.34. The summed E-state index contributed by atoms with van der Waals surface area (Å²) in [7, 11) is 0. The molecule has 1 N–H and O–H groups in total. The van der Waals surface area contributed by atoms with Gasteiger partial charge in [0.1, 0.15) is 0 Å². The van der Waals surface area contributed by atoms with Crippen LogP contribution in [0.1, 0.15) is 17.3 Å². The van der Waals surface area contributed by atoms with Crippen LogP contribution in [0.4, 0.5) is 8.78 Å². The number of amides is 1. The fraction of sp³-hybridized carbons (Fsp3) is 0.333. The van der Waals surface area contributed by atoms with E-state index in [-0.39, 0.29) is 5.56 Å². The molecule has 82 valence electrons. The van der Waals surface area contributed by atoms with Crippen molar-refractivity contribution in [3.8, 4) is 0 Å². The van der Waals surface area contributed by atoms with E-state index < -0.39 is 18.4 Å². The van der Waals surface area contributed by atoms with Gasteiger partial charge in [0, 0.05) is 23.8 Å². The summed E-state index contributed by atoms with van der Waals surface area (Å²) in [5.41, 5.74) is 0.286. The lowest BCUT2D eigenvalue weighted by atomic mass is 10.2. The Morgan fingerprint density at radius 3 is 2.87 bits per heavy atom. The number of hydrogen-bond donors (Lipinski definition) is 1. The van der Waals surface area contributed by atoms with Crippen molar-refractivity contribution in [1.29, 1.82) is 0 Å². The molecule has 1 aromatic heterocycles. The van der Waals surface area contributed by atoms with Gasteiger partial charge in [0.2, 0.25) is 0 Å². The van der Waals surface area contributed by atoms with Gasteiger partial charge < -0.3 is 5.32 Å². The molecule has 1 rings (SSSR count). The predicted molar refractivity (Wildman–Crippen MR) is 54.9 cm³/mol. The van der Waals surface area contributed by atoms with E-state index >= 15 is 0 Å². The molecule has 0 spiro atoms. The fourth-order valence-electron chi connectivity index (χ4n) is 0.890. The standard InChI is InChI=1S/C9H9BrF2N2O/c1-9(11,12)5-14-8(15)6-2-3-13-4-7(6)10/h2-4H,5H2,1H3,(H,14,15). The molecule has 6 heteroatoms. The zero-order valence-electron chi connectivity index (χ0n) is 7.93. The fourth-order valence-corrected chi connectivity index (χ4v) is 1.32. The van der Waals surface area contributed by atoms with Crippen molar-refractivity contribution in [2.45, 2.75) is 12.8 Å². The summed E-state index contributed by atoms with van der Waals surface area (Å²) in [4.78, 5) is 15.2. The summed E-state index contributed by atoms with van der Waals surface area (Å²) in [6.07, 6.45) is 2.85. The summed E-state index contributed by atoms with van der Waals surface area (Å²) in [6, 6.07) is 1.45. The molecule has 0 aliphatic carbocycles. The summed E-state index contributed by atoms with van der Waals surface area (Å²) in [6.45, 7) is 0.0650. The third-order valence-corrected chi connectivity index (χ3v) is 2.21. The van der Waals surface area contributed by atoms with Crippen LogP contribution >= 0.6 is 15.9 Å². The Morgan fingerprint density at radius 1 is 1.67 bits per heavy atom. The maximum atomic E-state index is 12.5. The first-order valence-corrected chi connectivity index (χ1v) is 4.95. The van der Waals surface area contributed by atoms with Crippen LogP contribution in [-0.4, -0.2) is 23.4 Å². The molecule has 0 atom stereocenters. The summed E-state index contributed by atoms with van der Waals surface area (Å²) >= 11 is 3.11. The van der Waals surface area contributed by atoms with Crippen molar-refractivity contribution in [1.82, 2.24) is 10.3 Å². The van der Waals surface area contributed by atoms with Gasteiger partial charge in [-0.2, -0.15) is 0 Å². The highest BCUT2D eigenvalue weighted by atomic mass is 79.9. The van der Waals surface area contributed by atoms with E-state index in [1.165, 1.54) is 18.5 Å². The van der Waals surface area contributed by atoms with E-state index in [9.17, 15) is 13.6 Å². The third kappa shape index (κ3) is 3.91. The molecule has 0 bridgehead atoms. The van der Waals surface area contributed by atoms with Gasteiger partial charge >= 0.3 is 0 Å². The van der Waals surface area contributed by atoms with Crippen LogP contribution in [0.25, 0.3) is 0 Å².